The van der Waals surface area contributed by atoms with E-state index in [0.717, 1.165) is 12.8 Å². The molecule has 1 aliphatic carbocycles. The van der Waals surface area contributed by atoms with Crippen molar-refractivity contribution in [2.45, 2.75) is 25.4 Å². The Balaban J connectivity index is 2.19. The number of hydrogen-bond donors (Lipinski definition) is 1. The van der Waals surface area contributed by atoms with Gasteiger partial charge in [-0.05, 0) is 25.3 Å². The molecule has 76 valence electrons. The first-order valence-corrected chi connectivity index (χ1v) is 4.96. The fraction of sp³-hybridized carbons (Fsp3) is 0.400. The van der Waals surface area contributed by atoms with E-state index >= 15 is 0 Å². The van der Waals surface area contributed by atoms with Gasteiger partial charge < -0.3 is 10.5 Å². The second-order valence-corrected chi connectivity index (χ2v) is 3.88. The summed E-state index contributed by atoms with van der Waals surface area (Å²) in [6, 6.07) is 2.63. The Morgan fingerprint density at radius 3 is 2.71 bits per heavy atom. The fourth-order valence-electron chi connectivity index (χ4n) is 1.30. The molecule has 0 unspecified atom stereocenters. The van der Waals surface area contributed by atoms with Crippen LogP contribution < -0.4 is 10.5 Å². The molecule has 1 aromatic rings. The van der Waals surface area contributed by atoms with Gasteiger partial charge in [0.1, 0.15) is 11.6 Å². The zero-order chi connectivity index (χ0) is 10.1. The van der Waals surface area contributed by atoms with Gasteiger partial charge in [0.2, 0.25) is 0 Å². The van der Waals surface area contributed by atoms with Crippen LogP contribution in [0.5, 0.6) is 5.75 Å². The summed E-state index contributed by atoms with van der Waals surface area (Å²) in [4.78, 5) is 0. The highest BCUT2D eigenvalue weighted by Crippen LogP contribution is 2.33. The Hall–Kier alpha value is -0.960. The lowest BCUT2D eigenvalue weighted by Gasteiger charge is -2.26. The van der Waals surface area contributed by atoms with Crippen LogP contribution in [-0.2, 0) is 0 Å². The fourth-order valence-corrected chi connectivity index (χ4v) is 1.52. The van der Waals surface area contributed by atoms with E-state index in [-0.39, 0.29) is 11.8 Å². The van der Waals surface area contributed by atoms with Crippen molar-refractivity contribution in [2.75, 3.05) is 5.73 Å². The third-order valence-corrected chi connectivity index (χ3v) is 2.69. The molecule has 1 saturated carbocycles. The molecule has 4 heteroatoms. The molecule has 0 spiro atoms. The zero-order valence-corrected chi connectivity index (χ0v) is 8.35. The molecule has 0 bridgehead atoms. The Morgan fingerprint density at radius 2 is 2.14 bits per heavy atom. The lowest BCUT2D eigenvalue weighted by Crippen LogP contribution is -2.24. The normalized spacial score (nSPS) is 16.4. The summed E-state index contributed by atoms with van der Waals surface area (Å²) in [6.07, 6.45) is 3.39. The van der Waals surface area contributed by atoms with Gasteiger partial charge in [0, 0.05) is 6.07 Å². The molecule has 2 N–H and O–H groups in total. The van der Waals surface area contributed by atoms with Crippen molar-refractivity contribution in [3.8, 4) is 5.75 Å². The average Bonchev–Trinajstić information content (AvgIpc) is 2.06. The highest BCUT2D eigenvalue weighted by molar-refractivity contribution is 6.32. The van der Waals surface area contributed by atoms with Crippen molar-refractivity contribution < 1.29 is 9.13 Å². The number of halogens is 2. The molecule has 0 saturated heterocycles. The van der Waals surface area contributed by atoms with Crippen LogP contribution in [0.25, 0.3) is 0 Å². The minimum atomic E-state index is -0.483. The Kier molecular flexibility index (Phi) is 2.50. The molecule has 0 radical (unpaired) electrons. The maximum Gasteiger partial charge on any atom is 0.149 e. The predicted octanol–water partition coefficient (Wildman–Crippen LogP) is 2.99. The van der Waals surface area contributed by atoms with E-state index in [0.29, 0.717) is 10.8 Å². The maximum absolute atomic E-state index is 13.1. The van der Waals surface area contributed by atoms with Crippen LogP contribution >= 0.6 is 11.6 Å². The highest BCUT2D eigenvalue weighted by Gasteiger charge is 2.20. The third kappa shape index (κ3) is 1.77. The van der Waals surface area contributed by atoms with Gasteiger partial charge in [-0.3, -0.25) is 0 Å². The summed E-state index contributed by atoms with van der Waals surface area (Å²) in [5.41, 5.74) is 5.40. The van der Waals surface area contributed by atoms with Crippen LogP contribution in [0, 0.1) is 5.82 Å². The van der Waals surface area contributed by atoms with E-state index in [1.807, 2.05) is 0 Å². The number of nitrogens with two attached hydrogens (primary N) is 1. The van der Waals surface area contributed by atoms with Gasteiger partial charge in [-0.25, -0.2) is 4.39 Å². The van der Waals surface area contributed by atoms with Crippen LogP contribution in [0.3, 0.4) is 0 Å². The van der Waals surface area contributed by atoms with Gasteiger partial charge in [-0.15, -0.1) is 0 Å². The predicted molar refractivity (Wildman–Crippen MR) is 54.1 cm³/mol. The molecule has 0 aromatic heterocycles. The van der Waals surface area contributed by atoms with Gasteiger partial charge in [0.15, 0.2) is 0 Å². The summed E-state index contributed by atoms with van der Waals surface area (Å²) < 4.78 is 18.6. The van der Waals surface area contributed by atoms with Gasteiger partial charge in [0.05, 0.1) is 16.8 Å². The van der Waals surface area contributed by atoms with Crippen molar-refractivity contribution in [3.63, 3.8) is 0 Å². The molecule has 0 atom stereocenters. The molecule has 2 nitrogen and oxygen atoms in total. The summed E-state index contributed by atoms with van der Waals surface area (Å²) in [7, 11) is 0. The molecule has 0 heterocycles. The monoisotopic (exact) mass is 215 g/mol. The van der Waals surface area contributed by atoms with Gasteiger partial charge >= 0.3 is 0 Å². The smallest absolute Gasteiger partial charge is 0.149 e. The third-order valence-electron chi connectivity index (χ3n) is 2.40. The molecule has 1 fully saturated rings. The Morgan fingerprint density at radius 1 is 1.43 bits per heavy atom. The summed E-state index contributed by atoms with van der Waals surface area (Å²) in [5, 5.41) is 0.371. The number of ether oxygens (including phenoxy) is 1. The van der Waals surface area contributed by atoms with Crippen molar-refractivity contribution >= 4 is 17.3 Å². The SMILES string of the molecule is Nc1cc(Cl)c(OC2CCC2)cc1F. The number of benzene rings is 1. The number of anilines is 1. The van der Waals surface area contributed by atoms with E-state index in [1.165, 1.54) is 18.6 Å². The van der Waals surface area contributed by atoms with Crippen molar-refractivity contribution in [2.24, 2.45) is 0 Å². The Labute approximate surface area is 86.8 Å². The first-order chi connectivity index (χ1) is 6.66. The molecular weight excluding hydrogens is 205 g/mol. The van der Waals surface area contributed by atoms with Gasteiger partial charge in [0.25, 0.3) is 0 Å². The Bertz CT molecular complexity index is 352. The van der Waals surface area contributed by atoms with Crippen molar-refractivity contribution in [1.29, 1.82) is 0 Å². The molecule has 2 rings (SSSR count). The largest absolute Gasteiger partial charge is 0.489 e. The number of rotatable bonds is 2. The maximum atomic E-state index is 13.1. The van der Waals surface area contributed by atoms with Crippen molar-refractivity contribution in [1.82, 2.24) is 0 Å². The standard InChI is InChI=1S/C10H11ClFNO/c11-7-4-9(13)8(12)5-10(7)14-6-2-1-3-6/h4-6H,1-3,13H2. The number of nitrogen functional groups attached to an aromatic ring is 1. The summed E-state index contributed by atoms with van der Waals surface area (Å²) >= 11 is 5.85. The molecule has 14 heavy (non-hydrogen) atoms. The molecule has 1 aliphatic rings. The minimum absolute atomic E-state index is 0.0518. The second-order valence-electron chi connectivity index (χ2n) is 3.47. The zero-order valence-electron chi connectivity index (χ0n) is 7.59. The van der Waals surface area contributed by atoms with Crippen molar-refractivity contribution in [3.05, 3.63) is 23.0 Å². The van der Waals surface area contributed by atoms with Crippen LogP contribution in [0.2, 0.25) is 5.02 Å². The van der Waals surface area contributed by atoms with E-state index in [1.54, 1.807) is 0 Å². The molecule has 0 aliphatic heterocycles. The van der Waals surface area contributed by atoms with Gasteiger partial charge in [-0.1, -0.05) is 11.6 Å². The molecule has 1 aromatic carbocycles. The summed E-state index contributed by atoms with van der Waals surface area (Å²) in [5.74, 6) is -0.0909. The first-order valence-electron chi connectivity index (χ1n) is 4.58. The van der Waals surface area contributed by atoms with E-state index in [4.69, 9.17) is 22.1 Å². The number of hydrogen-bond acceptors (Lipinski definition) is 2. The quantitative estimate of drug-likeness (QED) is 0.770. The van der Waals surface area contributed by atoms with Crippen LogP contribution in [0.4, 0.5) is 10.1 Å². The van der Waals surface area contributed by atoms with E-state index in [9.17, 15) is 4.39 Å². The van der Waals surface area contributed by atoms with E-state index in [2.05, 4.69) is 0 Å². The highest BCUT2D eigenvalue weighted by atomic mass is 35.5. The summed E-state index contributed by atoms with van der Waals surface area (Å²) in [6.45, 7) is 0. The van der Waals surface area contributed by atoms with E-state index < -0.39 is 5.82 Å². The lowest BCUT2D eigenvalue weighted by atomic mass is 9.96. The van der Waals surface area contributed by atoms with Crippen LogP contribution in [-0.4, -0.2) is 6.10 Å². The van der Waals surface area contributed by atoms with Gasteiger partial charge in [-0.2, -0.15) is 0 Å². The van der Waals surface area contributed by atoms with Crippen LogP contribution in [0.1, 0.15) is 19.3 Å². The lowest BCUT2D eigenvalue weighted by molar-refractivity contribution is 0.120. The molecule has 0 amide bonds. The average molecular weight is 216 g/mol. The second kappa shape index (κ2) is 3.65. The van der Waals surface area contributed by atoms with Crippen LogP contribution in [0.15, 0.2) is 12.1 Å². The first kappa shape index (κ1) is 9.59. The molecular formula is C10H11ClFNO. The minimum Gasteiger partial charge on any atom is -0.489 e. The topological polar surface area (TPSA) is 35.2 Å².